The Balaban J connectivity index is 2.17. The zero-order chi connectivity index (χ0) is 11.4. The van der Waals surface area contributed by atoms with Gasteiger partial charge in [-0.1, -0.05) is 25.1 Å². The molecular weight excluding hydrogens is 216 g/mol. The number of para-hydroxylation sites is 1. The Hall–Kier alpha value is -0.670. The number of rotatable bonds is 3. The van der Waals surface area contributed by atoms with Crippen molar-refractivity contribution in [1.29, 1.82) is 0 Å². The summed E-state index contributed by atoms with van der Waals surface area (Å²) in [6.07, 6.45) is 0.980. The molecule has 1 saturated heterocycles. The van der Waals surface area contributed by atoms with E-state index in [1.165, 1.54) is 17.0 Å². The van der Waals surface area contributed by atoms with Crippen LogP contribution in [0.2, 0.25) is 0 Å². The van der Waals surface area contributed by atoms with Crippen LogP contribution in [0.4, 0.5) is 5.69 Å². The molecule has 0 bridgehead atoms. The lowest BCUT2D eigenvalue weighted by atomic mass is 10.1. The maximum atomic E-state index is 5.66. The van der Waals surface area contributed by atoms with Gasteiger partial charge in [-0.2, -0.15) is 11.8 Å². The summed E-state index contributed by atoms with van der Waals surface area (Å²) in [5.74, 6) is 1.23. The number of hydrogen-bond donors (Lipinski definition) is 1. The maximum Gasteiger partial charge on any atom is 0.0399 e. The number of nitrogens with two attached hydrogens (primary N) is 1. The van der Waals surface area contributed by atoms with Crippen LogP contribution in [0.5, 0.6) is 0 Å². The average molecular weight is 236 g/mol. The zero-order valence-electron chi connectivity index (χ0n) is 9.86. The highest BCUT2D eigenvalue weighted by Crippen LogP contribution is 2.26. The highest BCUT2D eigenvalue weighted by Gasteiger charge is 2.18. The molecule has 1 unspecified atom stereocenters. The molecule has 2 nitrogen and oxygen atoms in total. The third-order valence-electron chi connectivity index (χ3n) is 2.99. The van der Waals surface area contributed by atoms with E-state index in [0.717, 1.165) is 31.3 Å². The van der Waals surface area contributed by atoms with Gasteiger partial charge in [0.25, 0.3) is 0 Å². The van der Waals surface area contributed by atoms with Gasteiger partial charge in [0.2, 0.25) is 0 Å². The number of nitrogens with zero attached hydrogens (tertiary/aromatic N) is 1. The zero-order valence-corrected chi connectivity index (χ0v) is 10.7. The Kier molecular flexibility index (Phi) is 4.13. The van der Waals surface area contributed by atoms with Crippen LogP contribution >= 0.6 is 11.8 Å². The molecule has 16 heavy (non-hydrogen) atoms. The molecule has 0 saturated carbocycles. The van der Waals surface area contributed by atoms with Crippen LogP contribution in [0.3, 0.4) is 0 Å². The summed E-state index contributed by atoms with van der Waals surface area (Å²) in [6.45, 7) is 5.36. The molecule has 0 aliphatic carbocycles. The minimum atomic E-state index is 0.731. The van der Waals surface area contributed by atoms with E-state index >= 15 is 0 Å². The van der Waals surface area contributed by atoms with E-state index in [2.05, 4.69) is 47.9 Å². The summed E-state index contributed by atoms with van der Waals surface area (Å²) >= 11 is 2.07. The van der Waals surface area contributed by atoms with E-state index in [9.17, 15) is 0 Å². The van der Waals surface area contributed by atoms with Crippen molar-refractivity contribution in [2.75, 3.05) is 30.3 Å². The first kappa shape index (κ1) is 11.8. The van der Waals surface area contributed by atoms with Gasteiger partial charge in [-0.3, -0.25) is 0 Å². The molecule has 0 aromatic heterocycles. The SMILES string of the molecule is CC1CN(c2ccccc2CCN)CCS1. The van der Waals surface area contributed by atoms with E-state index in [0.29, 0.717) is 0 Å². The van der Waals surface area contributed by atoms with Crippen molar-refractivity contribution in [3.8, 4) is 0 Å². The summed E-state index contributed by atoms with van der Waals surface area (Å²) < 4.78 is 0. The first-order valence-electron chi connectivity index (χ1n) is 5.96. The van der Waals surface area contributed by atoms with Crippen LogP contribution in [-0.4, -0.2) is 30.6 Å². The molecule has 3 heteroatoms. The largest absolute Gasteiger partial charge is 0.369 e. The first-order valence-corrected chi connectivity index (χ1v) is 7.00. The predicted molar refractivity (Wildman–Crippen MR) is 73.3 cm³/mol. The second-order valence-electron chi connectivity index (χ2n) is 4.29. The van der Waals surface area contributed by atoms with E-state index in [4.69, 9.17) is 5.73 Å². The van der Waals surface area contributed by atoms with Gasteiger partial charge in [0.1, 0.15) is 0 Å². The Labute approximate surface area is 102 Å². The van der Waals surface area contributed by atoms with Gasteiger partial charge >= 0.3 is 0 Å². The topological polar surface area (TPSA) is 29.3 Å². The second kappa shape index (κ2) is 5.60. The molecule has 1 aromatic rings. The minimum absolute atomic E-state index is 0.731. The summed E-state index contributed by atoms with van der Waals surface area (Å²) in [5.41, 5.74) is 8.45. The highest BCUT2D eigenvalue weighted by molar-refractivity contribution is 8.00. The van der Waals surface area contributed by atoms with E-state index in [-0.39, 0.29) is 0 Å². The molecule has 1 aliphatic heterocycles. The number of hydrogen-bond acceptors (Lipinski definition) is 3. The third-order valence-corrected chi connectivity index (χ3v) is 4.12. The predicted octanol–water partition coefficient (Wildman–Crippen LogP) is 2.13. The number of anilines is 1. The van der Waals surface area contributed by atoms with Crippen LogP contribution in [-0.2, 0) is 6.42 Å². The van der Waals surface area contributed by atoms with E-state index in [1.54, 1.807) is 0 Å². The second-order valence-corrected chi connectivity index (χ2v) is 5.84. The van der Waals surface area contributed by atoms with Crippen molar-refractivity contribution >= 4 is 17.4 Å². The van der Waals surface area contributed by atoms with Crippen molar-refractivity contribution in [1.82, 2.24) is 0 Å². The first-order chi connectivity index (χ1) is 7.81. The van der Waals surface area contributed by atoms with Gasteiger partial charge in [-0.05, 0) is 24.6 Å². The maximum absolute atomic E-state index is 5.66. The van der Waals surface area contributed by atoms with Crippen LogP contribution in [0.25, 0.3) is 0 Å². The van der Waals surface area contributed by atoms with Crippen molar-refractivity contribution in [2.45, 2.75) is 18.6 Å². The molecule has 0 radical (unpaired) electrons. The Bertz CT molecular complexity index is 340. The Morgan fingerprint density at radius 1 is 1.44 bits per heavy atom. The molecule has 1 aromatic carbocycles. The van der Waals surface area contributed by atoms with Crippen molar-refractivity contribution in [2.24, 2.45) is 5.73 Å². The van der Waals surface area contributed by atoms with Crippen molar-refractivity contribution in [3.63, 3.8) is 0 Å². The number of benzene rings is 1. The molecule has 2 rings (SSSR count). The lowest BCUT2D eigenvalue weighted by Gasteiger charge is -2.33. The van der Waals surface area contributed by atoms with E-state index < -0.39 is 0 Å². The molecule has 1 heterocycles. The lowest BCUT2D eigenvalue weighted by molar-refractivity contribution is 0.775. The molecule has 1 fully saturated rings. The fourth-order valence-electron chi connectivity index (χ4n) is 2.22. The van der Waals surface area contributed by atoms with Crippen LogP contribution in [0.15, 0.2) is 24.3 Å². The normalized spacial score (nSPS) is 21.1. The van der Waals surface area contributed by atoms with Gasteiger partial charge in [0.05, 0.1) is 0 Å². The van der Waals surface area contributed by atoms with E-state index in [1.807, 2.05) is 0 Å². The van der Waals surface area contributed by atoms with Crippen LogP contribution in [0, 0.1) is 0 Å². The molecule has 1 aliphatic rings. The standard InChI is InChI=1S/C13H20N2S/c1-11-10-15(8-9-16-11)13-5-3-2-4-12(13)6-7-14/h2-5,11H,6-10,14H2,1H3. The number of thioether (sulfide) groups is 1. The molecule has 0 spiro atoms. The molecule has 2 N–H and O–H groups in total. The molecular formula is C13H20N2S. The van der Waals surface area contributed by atoms with Crippen LogP contribution in [0.1, 0.15) is 12.5 Å². The third kappa shape index (κ3) is 2.71. The minimum Gasteiger partial charge on any atom is -0.369 e. The van der Waals surface area contributed by atoms with Crippen molar-refractivity contribution in [3.05, 3.63) is 29.8 Å². The molecule has 0 amide bonds. The Morgan fingerprint density at radius 2 is 2.25 bits per heavy atom. The average Bonchev–Trinajstić information content (AvgIpc) is 2.30. The fraction of sp³-hybridized carbons (Fsp3) is 0.538. The fourth-order valence-corrected chi connectivity index (χ4v) is 3.24. The van der Waals surface area contributed by atoms with Crippen molar-refractivity contribution < 1.29 is 0 Å². The van der Waals surface area contributed by atoms with Gasteiger partial charge in [0, 0.05) is 29.8 Å². The summed E-state index contributed by atoms with van der Waals surface area (Å²) in [5, 5.41) is 0.736. The smallest absolute Gasteiger partial charge is 0.0399 e. The highest BCUT2D eigenvalue weighted by atomic mass is 32.2. The monoisotopic (exact) mass is 236 g/mol. The van der Waals surface area contributed by atoms with Gasteiger partial charge < -0.3 is 10.6 Å². The van der Waals surface area contributed by atoms with Gasteiger partial charge in [-0.25, -0.2) is 0 Å². The quantitative estimate of drug-likeness (QED) is 0.872. The van der Waals surface area contributed by atoms with Crippen LogP contribution < -0.4 is 10.6 Å². The summed E-state index contributed by atoms with van der Waals surface area (Å²) in [6, 6.07) is 8.67. The Morgan fingerprint density at radius 3 is 3.00 bits per heavy atom. The van der Waals surface area contributed by atoms with Gasteiger partial charge in [0.15, 0.2) is 0 Å². The lowest BCUT2D eigenvalue weighted by Crippen LogP contribution is -2.37. The summed E-state index contributed by atoms with van der Waals surface area (Å²) in [7, 11) is 0. The van der Waals surface area contributed by atoms with Gasteiger partial charge in [-0.15, -0.1) is 0 Å². The molecule has 88 valence electrons. The summed E-state index contributed by atoms with van der Waals surface area (Å²) in [4.78, 5) is 2.51. The molecule has 1 atom stereocenters.